The van der Waals surface area contributed by atoms with E-state index < -0.39 is 0 Å². The van der Waals surface area contributed by atoms with Crippen LogP contribution in [0.2, 0.25) is 0 Å². The van der Waals surface area contributed by atoms with Gasteiger partial charge in [0.25, 0.3) is 0 Å². The summed E-state index contributed by atoms with van der Waals surface area (Å²) in [5, 5.41) is 13.9. The second-order valence-electron chi connectivity index (χ2n) is 6.07. The lowest BCUT2D eigenvalue weighted by Crippen LogP contribution is -2.20. The van der Waals surface area contributed by atoms with Gasteiger partial charge in [-0.15, -0.1) is 5.10 Å². The molecule has 0 fully saturated rings. The van der Waals surface area contributed by atoms with Crippen molar-refractivity contribution in [3.8, 4) is 5.69 Å². The van der Waals surface area contributed by atoms with Crippen molar-refractivity contribution in [3.63, 3.8) is 0 Å². The van der Waals surface area contributed by atoms with Crippen LogP contribution in [0.1, 0.15) is 31.0 Å². The van der Waals surface area contributed by atoms with Gasteiger partial charge in [0.15, 0.2) is 0 Å². The van der Waals surface area contributed by atoms with Crippen LogP contribution in [-0.4, -0.2) is 26.0 Å². The Bertz CT molecular complexity index is 872. The van der Waals surface area contributed by atoms with Gasteiger partial charge in [-0.25, -0.2) is 9.48 Å². The third kappa shape index (κ3) is 4.44. The first-order chi connectivity index (χ1) is 12.7. The van der Waals surface area contributed by atoms with Crippen molar-refractivity contribution in [2.45, 2.75) is 33.1 Å². The Morgan fingerprint density at radius 3 is 2.69 bits per heavy atom. The third-order valence-electron chi connectivity index (χ3n) is 4.00. The molecule has 2 amide bonds. The molecule has 1 aromatic carbocycles. The zero-order chi connectivity index (χ0) is 18.4. The number of nitrogens with zero attached hydrogens (tertiary/aromatic N) is 4. The van der Waals surface area contributed by atoms with Crippen molar-refractivity contribution in [1.82, 2.24) is 20.0 Å². The number of carbonyl (C=O) groups excluding carboxylic acids is 1. The van der Waals surface area contributed by atoms with E-state index in [2.05, 4.69) is 32.9 Å². The van der Waals surface area contributed by atoms with Crippen LogP contribution in [0.4, 0.5) is 16.2 Å². The molecule has 0 saturated carbocycles. The summed E-state index contributed by atoms with van der Waals surface area (Å²) in [7, 11) is 0. The van der Waals surface area contributed by atoms with E-state index in [9.17, 15) is 4.79 Å². The van der Waals surface area contributed by atoms with Gasteiger partial charge in [-0.1, -0.05) is 18.6 Å². The molecule has 3 rings (SSSR count). The van der Waals surface area contributed by atoms with Crippen molar-refractivity contribution in [3.05, 3.63) is 60.2 Å². The molecule has 2 N–H and O–H groups in total. The number of carbonyl (C=O) groups is 1. The predicted molar refractivity (Wildman–Crippen MR) is 102 cm³/mol. The lowest BCUT2D eigenvalue weighted by molar-refractivity contribution is 0.262. The fourth-order valence-corrected chi connectivity index (χ4v) is 2.47. The van der Waals surface area contributed by atoms with Crippen LogP contribution in [-0.2, 0) is 6.42 Å². The molecular weight excluding hydrogens is 328 g/mol. The Morgan fingerprint density at radius 1 is 1.15 bits per heavy atom. The minimum atomic E-state index is -0.309. The maximum atomic E-state index is 12.1. The van der Waals surface area contributed by atoms with Gasteiger partial charge in [0.05, 0.1) is 29.5 Å². The predicted octanol–water partition coefficient (Wildman–Crippen LogP) is 3.96. The first-order valence-corrected chi connectivity index (χ1v) is 8.66. The molecule has 0 bridgehead atoms. The fourth-order valence-electron chi connectivity index (χ4n) is 2.47. The molecule has 0 unspecified atom stereocenters. The Labute approximate surface area is 152 Å². The number of urea groups is 1. The maximum absolute atomic E-state index is 12.1. The number of amides is 2. The Balaban J connectivity index is 1.61. The minimum absolute atomic E-state index is 0.309. The van der Waals surface area contributed by atoms with Crippen molar-refractivity contribution < 1.29 is 4.79 Å². The molecule has 0 saturated heterocycles. The number of pyridine rings is 1. The van der Waals surface area contributed by atoms with Crippen LogP contribution in [0.25, 0.3) is 5.69 Å². The lowest BCUT2D eigenvalue weighted by Gasteiger charge is -2.09. The Kier molecular flexibility index (Phi) is 5.58. The molecular formula is C19H22N6O. The molecule has 7 nitrogen and oxygen atoms in total. The summed E-state index contributed by atoms with van der Waals surface area (Å²) in [5.41, 5.74) is 4.22. The van der Waals surface area contributed by atoms with Gasteiger partial charge in [0, 0.05) is 11.9 Å². The van der Waals surface area contributed by atoms with Crippen LogP contribution in [0, 0.1) is 6.92 Å². The smallest absolute Gasteiger partial charge is 0.308 e. The van der Waals surface area contributed by atoms with E-state index in [-0.39, 0.29) is 6.03 Å². The van der Waals surface area contributed by atoms with Crippen LogP contribution in [0.5, 0.6) is 0 Å². The number of unbranched alkanes of at least 4 members (excludes halogenated alkanes) is 1. The van der Waals surface area contributed by atoms with Gasteiger partial charge in [-0.2, -0.15) is 0 Å². The quantitative estimate of drug-likeness (QED) is 0.705. The summed E-state index contributed by atoms with van der Waals surface area (Å²) in [6.07, 6.45) is 8.43. The highest BCUT2D eigenvalue weighted by Crippen LogP contribution is 2.15. The number of nitrogens with one attached hydrogen (secondary N) is 2. The molecule has 0 atom stereocenters. The Hall–Kier alpha value is -3.22. The summed E-state index contributed by atoms with van der Waals surface area (Å²) < 4.78 is 1.74. The number of aryl methyl sites for hydroxylation is 2. The van der Waals surface area contributed by atoms with Gasteiger partial charge in [-0.3, -0.25) is 4.98 Å². The zero-order valence-electron chi connectivity index (χ0n) is 14.9. The SMILES string of the molecule is CCCCc1cn(-c2ccc(NC(=O)Nc3cnccc3C)cc2)nn1. The number of hydrogen-bond donors (Lipinski definition) is 2. The number of anilines is 2. The van der Waals surface area contributed by atoms with Gasteiger partial charge < -0.3 is 10.6 Å². The normalized spacial score (nSPS) is 10.5. The lowest BCUT2D eigenvalue weighted by atomic mass is 10.2. The molecule has 134 valence electrons. The molecule has 0 aliphatic rings. The highest BCUT2D eigenvalue weighted by atomic mass is 16.2. The van der Waals surface area contributed by atoms with Crippen LogP contribution >= 0.6 is 0 Å². The van der Waals surface area contributed by atoms with E-state index in [1.165, 1.54) is 0 Å². The highest BCUT2D eigenvalue weighted by Gasteiger charge is 2.06. The highest BCUT2D eigenvalue weighted by molar-refractivity contribution is 6.00. The molecule has 26 heavy (non-hydrogen) atoms. The van der Waals surface area contributed by atoms with E-state index in [0.717, 1.165) is 36.2 Å². The summed E-state index contributed by atoms with van der Waals surface area (Å²) in [6.45, 7) is 4.07. The average Bonchev–Trinajstić information content (AvgIpc) is 3.11. The van der Waals surface area contributed by atoms with Gasteiger partial charge >= 0.3 is 6.03 Å². The first kappa shape index (κ1) is 17.6. The van der Waals surface area contributed by atoms with Crippen molar-refractivity contribution in [2.75, 3.05) is 10.6 Å². The van der Waals surface area contributed by atoms with Crippen molar-refractivity contribution in [1.29, 1.82) is 0 Å². The Morgan fingerprint density at radius 2 is 1.96 bits per heavy atom. The second-order valence-corrected chi connectivity index (χ2v) is 6.07. The molecule has 3 aromatic rings. The van der Waals surface area contributed by atoms with E-state index in [1.807, 2.05) is 43.5 Å². The van der Waals surface area contributed by atoms with Crippen LogP contribution in [0.3, 0.4) is 0 Å². The largest absolute Gasteiger partial charge is 0.323 e. The molecule has 0 radical (unpaired) electrons. The number of rotatable bonds is 6. The number of hydrogen-bond acceptors (Lipinski definition) is 4. The summed E-state index contributed by atoms with van der Waals surface area (Å²) >= 11 is 0. The molecule has 0 aliphatic heterocycles. The number of benzene rings is 1. The second kappa shape index (κ2) is 8.24. The van der Waals surface area contributed by atoms with Gasteiger partial charge in [-0.05, 0) is 55.7 Å². The molecule has 7 heteroatoms. The maximum Gasteiger partial charge on any atom is 0.323 e. The van der Waals surface area contributed by atoms with Crippen molar-refractivity contribution in [2.24, 2.45) is 0 Å². The first-order valence-electron chi connectivity index (χ1n) is 8.66. The summed E-state index contributed by atoms with van der Waals surface area (Å²) in [5.74, 6) is 0. The van der Waals surface area contributed by atoms with Gasteiger partial charge in [0.2, 0.25) is 0 Å². The molecule has 2 aromatic heterocycles. The number of aromatic nitrogens is 4. The van der Waals surface area contributed by atoms with Gasteiger partial charge in [0.1, 0.15) is 0 Å². The summed E-state index contributed by atoms with van der Waals surface area (Å²) in [6, 6.07) is 8.98. The molecule has 0 aliphatic carbocycles. The van der Waals surface area contributed by atoms with E-state index in [1.54, 1.807) is 17.1 Å². The topological polar surface area (TPSA) is 84.7 Å². The van der Waals surface area contributed by atoms with E-state index in [4.69, 9.17) is 0 Å². The molecule has 0 spiro atoms. The monoisotopic (exact) mass is 350 g/mol. The van der Waals surface area contributed by atoms with E-state index in [0.29, 0.717) is 11.4 Å². The fraction of sp³-hybridized carbons (Fsp3) is 0.263. The van der Waals surface area contributed by atoms with E-state index >= 15 is 0 Å². The third-order valence-corrected chi connectivity index (χ3v) is 4.00. The zero-order valence-corrected chi connectivity index (χ0v) is 14.9. The molecule has 2 heterocycles. The van der Waals surface area contributed by atoms with Crippen molar-refractivity contribution >= 4 is 17.4 Å². The standard InChI is InChI=1S/C19H22N6O/c1-3-4-5-16-13-25(24-23-16)17-8-6-15(7-9-17)21-19(26)22-18-12-20-11-10-14(18)2/h6-13H,3-5H2,1-2H3,(H2,21,22,26). The average molecular weight is 350 g/mol. The minimum Gasteiger partial charge on any atom is -0.308 e. The summed E-state index contributed by atoms with van der Waals surface area (Å²) in [4.78, 5) is 16.1. The van der Waals surface area contributed by atoms with Crippen LogP contribution in [0.15, 0.2) is 48.9 Å². The van der Waals surface area contributed by atoms with Crippen LogP contribution < -0.4 is 10.6 Å².